The van der Waals surface area contributed by atoms with Crippen LogP contribution in [-0.4, -0.2) is 46.5 Å². The molecule has 7 nitrogen and oxygen atoms in total. The molecule has 166 valence electrons. The van der Waals surface area contributed by atoms with Crippen LogP contribution in [0.3, 0.4) is 0 Å². The van der Waals surface area contributed by atoms with Gasteiger partial charge in [-0.3, -0.25) is 9.59 Å². The Labute approximate surface area is 183 Å². The van der Waals surface area contributed by atoms with Crippen molar-refractivity contribution < 1.29 is 14.1 Å². The van der Waals surface area contributed by atoms with Gasteiger partial charge in [-0.05, 0) is 32.1 Å². The molecule has 2 heterocycles. The minimum absolute atomic E-state index is 0.00222. The van der Waals surface area contributed by atoms with Gasteiger partial charge in [0.1, 0.15) is 0 Å². The molecule has 1 aliphatic heterocycles. The molecule has 1 unspecified atom stereocenters. The third-order valence-corrected chi connectivity index (χ3v) is 6.49. The molecule has 1 aromatic heterocycles. The minimum atomic E-state index is -0.00222. The van der Waals surface area contributed by atoms with Crippen molar-refractivity contribution in [1.29, 1.82) is 0 Å². The number of nitrogens with zero attached hydrogens (tertiary/aromatic N) is 3. The van der Waals surface area contributed by atoms with Gasteiger partial charge in [-0.15, -0.1) is 0 Å². The standard InChI is InChI=1S/C24H32N4O3/c29-21-14-17-28(24(30)20-10-5-2-6-11-20)16-7-12-19(13-15-25-21)23-26-22(27-31-23)18-8-3-1-4-9-18/h1,3-4,8-9,19-20H,2,5-7,10-17H2,(H,25,29). The average molecular weight is 425 g/mol. The van der Waals surface area contributed by atoms with Crippen LogP contribution in [0.1, 0.15) is 69.6 Å². The molecule has 2 aliphatic rings. The van der Waals surface area contributed by atoms with E-state index in [9.17, 15) is 9.59 Å². The number of rotatable bonds is 3. The first-order valence-corrected chi connectivity index (χ1v) is 11.6. The van der Waals surface area contributed by atoms with Crippen molar-refractivity contribution in [2.24, 2.45) is 5.92 Å². The summed E-state index contributed by atoms with van der Waals surface area (Å²) in [5, 5.41) is 7.15. The van der Waals surface area contributed by atoms with Gasteiger partial charge in [0.15, 0.2) is 0 Å². The van der Waals surface area contributed by atoms with Crippen LogP contribution in [0.15, 0.2) is 34.9 Å². The maximum atomic E-state index is 13.1. The van der Waals surface area contributed by atoms with Crippen molar-refractivity contribution in [1.82, 2.24) is 20.4 Å². The summed E-state index contributed by atoms with van der Waals surface area (Å²) in [6.45, 7) is 1.76. The first-order chi connectivity index (χ1) is 15.2. The second-order valence-electron chi connectivity index (χ2n) is 8.71. The first kappa shape index (κ1) is 21.5. The molecule has 1 saturated heterocycles. The Morgan fingerprint density at radius 2 is 1.81 bits per heavy atom. The van der Waals surface area contributed by atoms with Crippen LogP contribution < -0.4 is 5.32 Å². The molecule has 31 heavy (non-hydrogen) atoms. The second-order valence-corrected chi connectivity index (χ2v) is 8.71. The predicted octanol–water partition coefficient (Wildman–Crippen LogP) is 3.92. The number of hydrogen-bond donors (Lipinski definition) is 1. The van der Waals surface area contributed by atoms with E-state index in [-0.39, 0.29) is 23.7 Å². The van der Waals surface area contributed by atoms with Gasteiger partial charge >= 0.3 is 0 Å². The smallest absolute Gasteiger partial charge is 0.230 e. The van der Waals surface area contributed by atoms with Gasteiger partial charge in [-0.2, -0.15) is 4.98 Å². The highest BCUT2D eigenvalue weighted by atomic mass is 16.5. The highest BCUT2D eigenvalue weighted by Crippen LogP contribution is 2.28. The maximum absolute atomic E-state index is 13.1. The van der Waals surface area contributed by atoms with Crippen molar-refractivity contribution in [3.05, 3.63) is 36.2 Å². The maximum Gasteiger partial charge on any atom is 0.230 e. The molecule has 0 spiro atoms. The fraction of sp³-hybridized carbons (Fsp3) is 0.583. The average Bonchev–Trinajstić information content (AvgIpc) is 3.29. The highest BCUT2D eigenvalue weighted by molar-refractivity contribution is 5.80. The summed E-state index contributed by atoms with van der Waals surface area (Å²) in [5.41, 5.74) is 0.923. The molecule has 1 saturated carbocycles. The third kappa shape index (κ3) is 5.71. The monoisotopic (exact) mass is 424 g/mol. The van der Waals surface area contributed by atoms with E-state index in [0.717, 1.165) is 50.5 Å². The second kappa shape index (κ2) is 10.6. The van der Waals surface area contributed by atoms with Gasteiger partial charge in [0.25, 0.3) is 0 Å². The summed E-state index contributed by atoms with van der Waals surface area (Å²) >= 11 is 0. The molecule has 0 bridgehead atoms. The fourth-order valence-corrected chi connectivity index (χ4v) is 4.68. The van der Waals surface area contributed by atoms with Crippen LogP contribution in [0, 0.1) is 5.92 Å². The van der Waals surface area contributed by atoms with E-state index in [0.29, 0.717) is 37.8 Å². The predicted molar refractivity (Wildman–Crippen MR) is 117 cm³/mol. The van der Waals surface area contributed by atoms with Crippen LogP contribution in [0.2, 0.25) is 0 Å². The molecular formula is C24H32N4O3. The first-order valence-electron chi connectivity index (χ1n) is 11.6. The molecule has 2 fully saturated rings. The zero-order valence-corrected chi connectivity index (χ0v) is 18.1. The minimum Gasteiger partial charge on any atom is -0.356 e. The SMILES string of the molecule is O=C1CCN(C(=O)C2CCCCC2)CCCC(c2nc(-c3ccccc3)no2)CCN1. The van der Waals surface area contributed by atoms with Gasteiger partial charge in [0, 0.05) is 43.5 Å². The Morgan fingerprint density at radius 1 is 1.00 bits per heavy atom. The molecule has 7 heteroatoms. The molecule has 1 N–H and O–H groups in total. The molecule has 2 aromatic rings. The van der Waals surface area contributed by atoms with Crippen LogP contribution in [-0.2, 0) is 9.59 Å². The van der Waals surface area contributed by atoms with Gasteiger partial charge in [-0.25, -0.2) is 0 Å². The number of benzene rings is 1. The van der Waals surface area contributed by atoms with Crippen molar-refractivity contribution in [3.8, 4) is 11.4 Å². The van der Waals surface area contributed by atoms with Gasteiger partial charge in [-0.1, -0.05) is 54.8 Å². The van der Waals surface area contributed by atoms with Gasteiger partial charge in [0.05, 0.1) is 0 Å². The Bertz CT molecular complexity index is 861. The lowest BCUT2D eigenvalue weighted by molar-refractivity contribution is -0.137. The van der Waals surface area contributed by atoms with Crippen LogP contribution in [0.4, 0.5) is 0 Å². The number of carbonyl (C=O) groups excluding carboxylic acids is 2. The number of hydrogen-bond acceptors (Lipinski definition) is 5. The number of nitrogens with one attached hydrogen (secondary N) is 1. The molecule has 1 atom stereocenters. The van der Waals surface area contributed by atoms with Crippen molar-refractivity contribution in [2.45, 2.75) is 63.7 Å². The molecule has 1 aromatic carbocycles. The summed E-state index contributed by atoms with van der Waals surface area (Å²) in [6, 6.07) is 9.78. The molecular weight excluding hydrogens is 392 g/mol. The van der Waals surface area contributed by atoms with E-state index in [1.165, 1.54) is 6.42 Å². The molecule has 4 rings (SSSR count). The normalized spacial score (nSPS) is 21.9. The summed E-state index contributed by atoms with van der Waals surface area (Å²) in [4.78, 5) is 31.9. The molecule has 0 radical (unpaired) electrons. The Morgan fingerprint density at radius 3 is 2.61 bits per heavy atom. The Balaban J connectivity index is 1.43. The molecule has 1 aliphatic carbocycles. The molecule has 2 amide bonds. The number of amides is 2. The van der Waals surface area contributed by atoms with E-state index >= 15 is 0 Å². The van der Waals surface area contributed by atoms with Crippen LogP contribution >= 0.6 is 0 Å². The van der Waals surface area contributed by atoms with Crippen LogP contribution in [0.5, 0.6) is 0 Å². The van der Waals surface area contributed by atoms with Crippen molar-refractivity contribution in [3.63, 3.8) is 0 Å². The highest BCUT2D eigenvalue weighted by Gasteiger charge is 2.27. The van der Waals surface area contributed by atoms with E-state index < -0.39 is 0 Å². The lowest BCUT2D eigenvalue weighted by Gasteiger charge is -2.29. The topological polar surface area (TPSA) is 88.3 Å². The number of aromatic nitrogens is 2. The quantitative estimate of drug-likeness (QED) is 0.807. The summed E-state index contributed by atoms with van der Waals surface area (Å²) in [6.07, 6.45) is 8.27. The van der Waals surface area contributed by atoms with Crippen molar-refractivity contribution >= 4 is 11.8 Å². The van der Waals surface area contributed by atoms with E-state index in [4.69, 9.17) is 4.52 Å². The van der Waals surface area contributed by atoms with E-state index in [1.54, 1.807) is 0 Å². The Hall–Kier alpha value is -2.70. The van der Waals surface area contributed by atoms with E-state index in [1.807, 2.05) is 35.2 Å². The lowest BCUT2D eigenvalue weighted by atomic mass is 9.88. The third-order valence-electron chi connectivity index (χ3n) is 6.49. The van der Waals surface area contributed by atoms with Gasteiger partial charge in [0.2, 0.25) is 23.5 Å². The van der Waals surface area contributed by atoms with Crippen molar-refractivity contribution in [2.75, 3.05) is 19.6 Å². The summed E-state index contributed by atoms with van der Waals surface area (Å²) < 4.78 is 5.60. The lowest BCUT2D eigenvalue weighted by Crippen LogP contribution is -2.40. The zero-order chi connectivity index (χ0) is 21.5. The summed E-state index contributed by atoms with van der Waals surface area (Å²) in [7, 11) is 0. The fourth-order valence-electron chi connectivity index (χ4n) is 4.68. The van der Waals surface area contributed by atoms with Crippen LogP contribution in [0.25, 0.3) is 11.4 Å². The summed E-state index contributed by atoms with van der Waals surface area (Å²) in [5.74, 6) is 1.61. The zero-order valence-electron chi connectivity index (χ0n) is 18.1. The van der Waals surface area contributed by atoms with Gasteiger partial charge < -0.3 is 14.7 Å². The largest absolute Gasteiger partial charge is 0.356 e. The Kier molecular flexibility index (Phi) is 7.33. The van der Waals surface area contributed by atoms with E-state index in [2.05, 4.69) is 15.5 Å². The number of carbonyl (C=O) groups is 2.